The van der Waals surface area contributed by atoms with Crippen molar-refractivity contribution < 1.29 is 5.11 Å². The number of hydrogen-bond acceptors (Lipinski definition) is 2. The Hall–Kier alpha value is -1.29. The van der Waals surface area contributed by atoms with Gasteiger partial charge in [-0.3, -0.25) is 5.10 Å². The molecule has 13 heavy (non-hydrogen) atoms. The largest absolute Gasteiger partial charge is 0.506 e. The maximum absolute atomic E-state index is 9.68. The minimum absolute atomic E-state index is 0.240. The lowest BCUT2D eigenvalue weighted by Crippen LogP contribution is -1.76. The summed E-state index contributed by atoms with van der Waals surface area (Å²) >= 11 is 3.25. The Morgan fingerprint density at radius 3 is 2.92 bits per heavy atom. The molecule has 0 atom stereocenters. The van der Waals surface area contributed by atoms with Crippen molar-refractivity contribution in [2.24, 2.45) is 0 Å². The number of aromatic nitrogens is 2. The van der Waals surface area contributed by atoms with Gasteiger partial charge < -0.3 is 5.11 Å². The van der Waals surface area contributed by atoms with E-state index >= 15 is 0 Å². The standard InChI is InChI=1S/C9H7BrN2O/c10-8-3-1-2-7(9(8)13)6-4-11-12-5-6/h1-5,13H,(H,11,12). The highest BCUT2D eigenvalue weighted by Crippen LogP contribution is 2.34. The van der Waals surface area contributed by atoms with Crippen molar-refractivity contribution in [1.82, 2.24) is 10.2 Å². The third-order valence-corrected chi connectivity index (χ3v) is 2.44. The van der Waals surface area contributed by atoms with E-state index in [-0.39, 0.29) is 5.75 Å². The first-order valence-corrected chi connectivity index (χ1v) is 4.55. The van der Waals surface area contributed by atoms with Crippen LogP contribution in [0.5, 0.6) is 5.75 Å². The third kappa shape index (κ3) is 1.45. The monoisotopic (exact) mass is 238 g/mol. The average molecular weight is 239 g/mol. The lowest BCUT2D eigenvalue weighted by Gasteiger charge is -2.02. The van der Waals surface area contributed by atoms with Crippen molar-refractivity contribution in [3.63, 3.8) is 0 Å². The summed E-state index contributed by atoms with van der Waals surface area (Å²) in [4.78, 5) is 0. The molecule has 0 aliphatic carbocycles. The van der Waals surface area contributed by atoms with E-state index in [9.17, 15) is 5.11 Å². The Labute approximate surface area is 83.5 Å². The normalized spacial score (nSPS) is 10.2. The molecule has 1 aromatic heterocycles. The molecule has 0 saturated heterocycles. The zero-order valence-electron chi connectivity index (χ0n) is 6.66. The van der Waals surface area contributed by atoms with E-state index in [0.29, 0.717) is 4.47 Å². The second kappa shape index (κ2) is 3.22. The minimum Gasteiger partial charge on any atom is -0.506 e. The van der Waals surface area contributed by atoms with Gasteiger partial charge in [0.2, 0.25) is 0 Å². The van der Waals surface area contributed by atoms with Crippen LogP contribution in [0, 0.1) is 0 Å². The van der Waals surface area contributed by atoms with Gasteiger partial charge in [-0.15, -0.1) is 0 Å². The number of aromatic hydroxyl groups is 1. The van der Waals surface area contributed by atoms with Gasteiger partial charge in [-0.05, 0) is 22.0 Å². The van der Waals surface area contributed by atoms with Crippen LogP contribution in [0.15, 0.2) is 35.1 Å². The van der Waals surface area contributed by atoms with Crippen LogP contribution < -0.4 is 0 Å². The van der Waals surface area contributed by atoms with E-state index in [1.54, 1.807) is 18.5 Å². The number of para-hydroxylation sites is 1. The predicted molar refractivity (Wildman–Crippen MR) is 53.4 cm³/mol. The number of rotatable bonds is 1. The van der Waals surface area contributed by atoms with E-state index in [1.165, 1.54) is 0 Å². The minimum atomic E-state index is 0.240. The molecule has 0 saturated carbocycles. The van der Waals surface area contributed by atoms with Crippen molar-refractivity contribution in [3.8, 4) is 16.9 Å². The van der Waals surface area contributed by atoms with E-state index < -0.39 is 0 Å². The Morgan fingerprint density at radius 2 is 2.23 bits per heavy atom. The van der Waals surface area contributed by atoms with Crippen LogP contribution in [0.2, 0.25) is 0 Å². The highest BCUT2D eigenvalue weighted by atomic mass is 79.9. The van der Waals surface area contributed by atoms with Crippen LogP contribution in [0.4, 0.5) is 0 Å². The average Bonchev–Trinajstić information content (AvgIpc) is 2.62. The Balaban J connectivity index is 2.59. The van der Waals surface area contributed by atoms with Gasteiger partial charge in [-0.1, -0.05) is 12.1 Å². The second-order valence-corrected chi connectivity index (χ2v) is 3.48. The lowest BCUT2D eigenvalue weighted by molar-refractivity contribution is 0.474. The van der Waals surface area contributed by atoms with Gasteiger partial charge in [-0.2, -0.15) is 5.10 Å². The number of nitrogens with zero attached hydrogens (tertiary/aromatic N) is 1. The molecule has 4 heteroatoms. The number of benzene rings is 1. The van der Waals surface area contributed by atoms with Crippen molar-refractivity contribution in [3.05, 3.63) is 35.1 Å². The topological polar surface area (TPSA) is 48.9 Å². The van der Waals surface area contributed by atoms with Gasteiger partial charge >= 0.3 is 0 Å². The fraction of sp³-hybridized carbons (Fsp3) is 0. The maximum atomic E-state index is 9.68. The molecule has 0 aliphatic rings. The predicted octanol–water partition coefficient (Wildman–Crippen LogP) is 2.54. The first-order valence-electron chi connectivity index (χ1n) is 3.75. The molecule has 1 aromatic carbocycles. The summed E-state index contributed by atoms with van der Waals surface area (Å²) in [6.45, 7) is 0. The second-order valence-electron chi connectivity index (χ2n) is 2.62. The molecular formula is C9H7BrN2O. The number of phenolic OH excluding ortho intramolecular Hbond substituents is 1. The number of aromatic amines is 1. The van der Waals surface area contributed by atoms with Gasteiger partial charge in [0.25, 0.3) is 0 Å². The molecule has 2 rings (SSSR count). The first kappa shape index (κ1) is 8.31. The van der Waals surface area contributed by atoms with E-state index in [2.05, 4.69) is 26.1 Å². The zero-order chi connectivity index (χ0) is 9.26. The van der Waals surface area contributed by atoms with Crippen LogP contribution in [0.1, 0.15) is 0 Å². The Bertz CT molecular complexity index is 412. The number of hydrogen-bond donors (Lipinski definition) is 2. The van der Waals surface area contributed by atoms with Crippen LogP contribution in [0.3, 0.4) is 0 Å². The van der Waals surface area contributed by atoms with Gasteiger partial charge in [-0.25, -0.2) is 0 Å². The molecule has 2 N–H and O–H groups in total. The highest BCUT2D eigenvalue weighted by molar-refractivity contribution is 9.10. The summed E-state index contributed by atoms with van der Waals surface area (Å²) < 4.78 is 0.686. The smallest absolute Gasteiger partial charge is 0.137 e. The van der Waals surface area contributed by atoms with Crippen LogP contribution in [-0.4, -0.2) is 15.3 Å². The molecule has 0 spiro atoms. The van der Waals surface area contributed by atoms with Gasteiger partial charge in [0.05, 0.1) is 10.7 Å². The molecule has 3 nitrogen and oxygen atoms in total. The maximum Gasteiger partial charge on any atom is 0.137 e. The van der Waals surface area contributed by atoms with Crippen LogP contribution in [-0.2, 0) is 0 Å². The number of H-pyrrole nitrogens is 1. The molecule has 0 bridgehead atoms. The SMILES string of the molecule is Oc1c(Br)cccc1-c1cn[nH]c1. The Kier molecular flexibility index (Phi) is 2.06. The van der Waals surface area contributed by atoms with E-state index in [0.717, 1.165) is 11.1 Å². The fourth-order valence-electron chi connectivity index (χ4n) is 1.15. The number of nitrogens with one attached hydrogen (secondary N) is 1. The lowest BCUT2D eigenvalue weighted by atomic mass is 10.1. The molecule has 1 heterocycles. The molecular weight excluding hydrogens is 232 g/mol. The summed E-state index contributed by atoms with van der Waals surface area (Å²) in [6, 6.07) is 5.50. The molecule has 2 aromatic rings. The van der Waals surface area contributed by atoms with Gasteiger partial charge in [0.1, 0.15) is 5.75 Å². The zero-order valence-corrected chi connectivity index (χ0v) is 8.25. The van der Waals surface area contributed by atoms with Gasteiger partial charge in [0.15, 0.2) is 0 Å². The molecule has 0 amide bonds. The summed E-state index contributed by atoms with van der Waals surface area (Å²) in [5.74, 6) is 0.240. The fourth-order valence-corrected chi connectivity index (χ4v) is 1.51. The number of halogens is 1. The third-order valence-electron chi connectivity index (χ3n) is 1.80. The highest BCUT2D eigenvalue weighted by Gasteiger charge is 2.06. The summed E-state index contributed by atoms with van der Waals surface area (Å²) in [6.07, 6.45) is 3.41. The molecule has 0 unspecified atom stereocenters. The van der Waals surface area contributed by atoms with Crippen molar-refractivity contribution >= 4 is 15.9 Å². The van der Waals surface area contributed by atoms with Crippen LogP contribution >= 0.6 is 15.9 Å². The summed E-state index contributed by atoms with van der Waals surface area (Å²) in [5, 5.41) is 16.2. The molecule has 0 fully saturated rings. The van der Waals surface area contributed by atoms with Gasteiger partial charge in [0, 0.05) is 17.3 Å². The quantitative estimate of drug-likeness (QED) is 0.803. The van der Waals surface area contributed by atoms with Crippen LogP contribution in [0.25, 0.3) is 11.1 Å². The first-order chi connectivity index (χ1) is 6.29. The van der Waals surface area contributed by atoms with Crippen molar-refractivity contribution in [2.45, 2.75) is 0 Å². The summed E-state index contributed by atoms with van der Waals surface area (Å²) in [7, 11) is 0. The molecule has 0 radical (unpaired) electrons. The van der Waals surface area contributed by atoms with Crippen molar-refractivity contribution in [2.75, 3.05) is 0 Å². The van der Waals surface area contributed by atoms with E-state index in [1.807, 2.05) is 12.1 Å². The number of phenols is 1. The molecule has 66 valence electrons. The summed E-state index contributed by atoms with van der Waals surface area (Å²) in [5.41, 5.74) is 1.64. The Morgan fingerprint density at radius 1 is 1.38 bits per heavy atom. The molecule has 0 aliphatic heterocycles. The van der Waals surface area contributed by atoms with Crippen molar-refractivity contribution in [1.29, 1.82) is 0 Å². The van der Waals surface area contributed by atoms with E-state index in [4.69, 9.17) is 0 Å².